The zero-order valence-electron chi connectivity index (χ0n) is 17.6. The van der Waals surface area contributed by atoms with E-state index >= 15 is 0 Å². The third-order valence-corrected chi connectivity index (χ3v) is 5.11. The van der Waals surface area contributed by atoms with Crippen LogP contribution in [0.2, 0.25) is 0 Å². The zero-order chi connectivity index (χ0) is 21.3. The Morgan fingerprint density at radius 3 is 2.43 bits per heavy atom. The fraction of sp³-hybridized carbons (Fsp3) is 0.391. The zero-order valence-corrected chi connectivity index (χ0v) is 17.6. The molecule has 30 heavy (non-hydrogen) atoms. The molecule has 1 atom stereocenters. The topological polar surface area (TPSA) is 62.3 Å². The summed E-state index contributed by atoms with van der Waals surface area (Å²) in [6.07, 6.45) is -0.327. The second kappa shape index (κ2) is 7.89. The number of hydrogen-bond acceptors (Lipinski definition) is 4. The average molecular weight is 409 g/mol. The van der Waals surface area contributed by atoms with Crippen molar-refractivity contribution in [3.63, 3.8) is 0 Å². The van der Waals surface area contributed by atoms with Gasteiger partial charge in [0, 0.05) is 37.9 Å². The van der Waals surface area contributed by atoms with Crippen LogP contribution in [-0.4, -0.2) is 59.7 Å². The standard InChI is InChI=1S/C23H27N3O4/c1-23(2,3)30-22(28)24-12-13-25-18(15-24)16-26(21(25)27)17-8-7-11-20(14-17)29-19-9-5-4-6-10-19/h4-11,14,18H,12-13,15-16H2,1-3H3. The highest BCUT2D eigenvalue weighted by Crippen LogP contribution is 2.31. The van der Waals surface area contributed by atoms with Gasteiger partial charge in [-0.1, -0.05) is 24.3 Å². The van der Waals surface area contributed by atoms with Gasteiger partial charge < -0.3 is 19.3 Å². The van der Waals surface area contributed by atoms with Crippen molar-refractivity contribution in [3.05, 3.63) is 54.6 Å². The van der Waals surface area contributed by atoms with Crippen molar-refractivity contribution in [2.75, 3.05) is 31.1 Å². The number of nitrogens with zero attached hydrogens (tertiary/aromatic N) is 3. The van der Waals surface area contributed by atoms with Gasteiger partial charge in [-0.15, -0.1) is 0 Å². The van der Waals surface area contributed by atoms with E-state index in [1.807, 2.05) is 80.3 Å². The average Bonchev–Trinajstić information content (AvgIpc) is 3.04. The lowest BCUT2D eigenvalue weighted by Crippen LogP contribution is -2.54. The van der Waals surface area contributed by atoms with Crippen molar-refractivity contribution in [1.29, 1.82) is 0 Å². The highest BCUT2D eigenvalue weighted by atomic mass is 16.6. The van der Waals surface area contributed by atoms with Crippen LogP contribution in [0, 0.1) is 0 Å². The molecule has 2 heterocycles. The Morgan fingerprint density at radius 1 is 0.967 bits per heavy atom. The summed E-state index contributed by atoms with van der Waals surface area (Å²) < 4.78 is 11.4. The maximum atomic E-state index is 13.0. The third kappa shape index (κ3) is 4.35. The molecular weight excluding hydrogens is 382 g/mol. The molecular formula is C23H27N3O4. The molecule has 0 bridgehead atoms. The number of benzene rings is 2. The molecule has 4 rings (SSSR count). The van der Waals surface area contributed by atoms with Gasteiger partial charge in [0.15, 0.2) is 0 Å². The summed E-state index contributed by atoms with van der Waals surface area (Å²) in [5.74, 6) is 1.42. The van der Waals surface area contributed by atoms with Gasteiger partial charge in [0.1, 0.15) is 17.1 Å². The summed E-state index contributed by atoms with van der Waals surface area (Å²) in [4.78, 5) is 30.7. The predicted octanol–water partition coefficient (Wildman–Crippen LogP) is 4.34. The fourth-order valence-corrected chi connectivity index (χ4v) is 3.75. The van der Waals surface area contributed by atoms with Crippen molar-refractivity contribution in [1.82, 2.24) is 9.80 Å². The van der Waals surface area contributed by atoms with E-state index in [2.05, 4.69) is 0 Å². The molecule has 0 saturated carbocycles. The summed E-state index contributed by atoms with van der Waals surface area (Å²) in [6.45, 7) is 7.53. The maximum absolute atomic E-state index is 13.0. The van der Waals surface area contributed by atoms with Gasteiger partial charge in [-0.25, -0.2) is 9.59 Å². The van der Waals surface area contributed by atoms with Crippen LogP contribution in [0.15, 0.2) is 54.6 Å². The largest absolute Gasteiger partial charge is 0.457 e. The number of carbonyl (C=O) groups is 2. The summed E-state index contributed by atoms with van der Waals surface area (Å²) in [5, 5.41) is 0. The molecule has 0 aliphatic carbocycles. The first-order chi connectivity index (χ1) is 14.3. The second-order valence-electron chi connectivity index (χ2n) is 8.58. The van der Waals surface area contributed by atoms with Crippen LogP contribution in [0.5, 0.6) is 11.5 Å². The van der Waals surface area contributed by atoms with E-state index < -0.39 is 5.60 Å². The minimum Gasteiger partial charge on any atom is -0.457 e. The van der Waals surface area contributed by atoms with Gasteiger partial charge in [-0.2, -0.15) is 0 Å². The Morgan fingerprint density at radius 2 is 1.70 bits per heavy atom. The molecule has 7 heteroatoms. The number of urea groups is 1. The lowest BCUT2D eigenvalue weighted by Gasteiger charge is -2.36. The van der Waals surface area contributed by atoms with E-state index in [1.54, 1.807) is 9.80 Å². The number of rotatable bonds is 3. The Labute approximate surface area is 176 Å². The van der Waals surface area contributed by atoms with Crippen LogP contribution >= 0.6 is 0 Å². The highest BCUT2D eigenvalue weighted by Gasteiger charge is 2.43. The van der Waals surface area contributed by atoms with Crippen molar-refractivity contribution >= 4 is 17.8 Å². The van der Waals surface area contributed by atoms with Gasteiger partial charge in [-0.05, 0) is 45.0 Å². The molecule has 7 nitrogen and oxygen atoms in total. The number of piperazine rings is 1. The monoisotopic (exact) mass is 409 g/mol. The quantitative estimate of drug-likeness (QED) is 0.757. The van der Waals surface area contributed by atoms with Crippen LogP contribution in [0.25, 0.3) is 0 Å². The lowest BCUT2D eigenvalue weighted by atomic mass is 10.2. The predicted molar refractivity (Wildman–Crippen MR) is 114 cm³/mol. The van der Waals surface area contributed by atoms with E-state index in [1.165, 1.54) is 0 Å². The SMILES string of the molecule is CC(C)(C)OC(=O)N1CCN2C(=O)N(c3cccc(Oc4ccccc4)c3)CC2C1. The van der Waals surface area contributed by atoms with Crippen LogP contribution < -0.4 is 9.64 Å². The van der Waals surface area contributed by atoms with Gasteiger partial charge in [0.2, 0.25) is 0 Å². The second-order valence-corrected chi connectivity index (χ2v) is 8.58. The van der Waals surface area contributed by atoms with Crippen LogP contribution in [-0.2, 0) is 4.74 Å². The van der Waals surface area contributed by atoms with E-state index in [0.29, 0.717) is 31.9 Å². The van der Waals surface area contributed by atoms with Crippen molar-refractivity contribution in [2.45, 2.75) is 32.4 Å². The van der Waals surface area contributed by atoms with Gasteiger partial charge in [0.05, 0.1) is 6.04 Å². The summed E-state index contributed by atoms with van der Waals surface area (Å²) in [5.41, 5.74) is 0.247. The molecule has 158 valence electrons. The number of carbonyl (C=O) groups excluding carboxylic acids is 2. The minimum atomic E-state index is -0.537. The summed E-state index contributed by atoms with van der Waals surface area (Å²) in [7, 11) is 0. The van der Waals surface area contributed by atoms with Gasteiger partial charge in [-0.3, -0.25) is 4.90 Å². The number of ether oxygens (including phenoxy) is 2. The van der Waals surface area contributed by atoms with E-state index in [9.17, 15) is 9.59 Å². The first-order valence-corrected chi connectivity index (χ1v) is 10.2. The maximum Gasteiger partial charge on any atom is 0.410 e. The third-order valence-electron chi connectivity index (χ3n) is 5.11. The van der Waals surface area contributed by atoms with Crippen molar-refractivity contribution < 1.29 is 19.1 Å². The Balaban J connectivity index is 1.45. The molecule has 2 saturated heterocycles. The Kier molecular flexibility index (Phi) is 5.28. The van der Waals surface area contributed by atoms with E-state index in [-0.39, 0.29) is 18.2 Å². The number of para-hydroxylation sites is 1. The highest BCUT2D eigenvalue weighted by molar-refractivity contribution is 5.95. The molecule has 0 N–H and O–H groups in total. The first kappa shape index (κ1) is 20.1. The molecule has 2 aliphatic heterocycles. The van der Waals surface area contributed by atoms with Gasteiger partial charge >= 0.3 is 12.1 Å². The minimum absolute atomic E-state index is 0.0410. The molecule has 3 amide bonds. The molecule has 0 radical (unpaired) electrons. The molecule has 2 aromatic rings. The normalized spacial score (nSPS) is 19.0. The molecule has 0 spiro atoms. The van der Waals surface area contributed by atoms with Crippen LogP contribution in [0.1, 0.15) is 20.8 Å². The molecule has 2 aliphatic rings. The number of anilines is 1. The molecule has 0 aromatic heterocycles. The van der Waals surface area contributed by atoms with Crippen LogP contribution in [0.3, 0.4) is 0 Å². The van der Waals surface area contributed by atoms with Crippen molar-refractivity contribution in [2.24, 2.45) is 0 Å². The first-order valence-electron chi connectivity index (χ1n) is 10.2. The smallest absolute Gasteiger partial charge is 0.410 e. The Hall–Kier alpha value is -3.22. The fourth-order valence-electron chi connectivity index (χ4n) is 3.75. The molecule has 2 fully saturated rings. The van der Waals surface area contributed by atoms with E-state index in [0.717, 1.165) is 11.4 Å². The summed E-state index contributed by atoms with van der Waals surface area (Å²) in [6, 6.07) is 17.0. The van der Waals surface area contributed by atoms with E-state index in [4.69, 9.17) is 9.47 Å². The van der Waals surface area contributed by atoms with Crippen LogP contribution in [0.4, 0.5) is 15.3 Å². The lowest BCUT2D eigenvalue weighted by molar-refractivity contribution is 0.0128. The number of amides is 3. The molecule has 1 unspecified atom stereocenters. The van der Waals surface area contributed by atoms with Crippen molar-refractivity contribution in [3.8, 4) is 11.5 Å². The van der Waals surface area contributed by atoms with Gasteiger partial charge in [0.25, 0.3) is 0 Å². The molecule has 2 aromatic carbocycles. The summed E-state index contributed by atoms with van der Waals surface area (Å²) >= 11 is 0. The Bertz CT molecular complexity index is 926. The number of fused-ring (bicyclic) bond motifs is 1. The number of hydrogen-bond donors (Lipinski definition) is 0.